The minimum absolute atomic E-state index is 0.229. The number of hydrogen-bond donors (Lipinski definition) is 0. The Kier molecular flexibility index (Phi) is 6.58. The van der Waals surface area contributed by atoms with Gasteiger partial charge in [0.2, 0.25) is 0 Å². The van der Waals surface area contributed by atoms with E-state index in [2.05, 4.69) is 0 Å². The van der Waals surface area contributed by atoms with Crippen LogP contribution in [0.5, 0.6) is 0 Å². The summed E-state index contributed by atoms with van der Waals surface area (Å²) in [5.41, 5.74) is 1.84. The molecule has 0 aliphatic heterocycles. The zero-order valence-electron chi connectivity index (χ0n) is 17.3. The highest BCUT2D eigenvalue weighted by atomic mass is 16.5. The van der Waals surface area contributed by atoms with E-state index in [9.17, 15) is 9.59 Å². The molecule has 0 spiro atoms. The number of hydrogen-bond acceptors (Lipinski definition) is 4. The van der Waals surface area contributed by atoms with E-state index in [0.29, 0.717) is 6.42 Å². The standard InChI is InChI=1S/C27H24O4/c28-26(18-20-10-12-22-6-1-3-8-24(22)16-20)30-14-5-15-31-27(29)19-21-11-13-23-7-2-4-9-25(23)17-21/h1-4,6-13,16-17H,5,14-15,18-19H2. The van der Waals surface area contributed by atoms with Crippen LogP contribution >= 0.6 is 0 Å². The number of rotatable bonds is 8. The lowest BCUT2D eigenvalue weighted by atomic mass is 10.1. The minimum Gasteiger partial charge on any atom is -0.465 e. The maximum Gasteiger partial charge on any atom is 0.310 e. The van der Waals surface area contributed by atoms with Gasteiger partial charge in [-0.05, 0) is 32.7 Å². The largest absolute Gasteiger partial charge is 0.465 e. The van der Waals surface area contributed by atoms with E-state index in [1.807, 2.05) is 84.9 Å². The molecule has 4 aromatic carbocycles. The van der Waals surface area contributed by atoms with Crippen molar-refractivity contribution in [3.63, 3.8) is 0 Å². The molecular weight excluding hydrogens is 388 g/mol. The number of esters is 2. The molecule has 0 bridgehead atoms. The smallest absolute Gasteiger partial charge is 0.310 e. The van der Waals surface area contributed by atoms with Gasteiger partial charge in [0.15, 0.2) is 0 Å². The molecule has 0 aromatic heterocycles. The second kappa shape index (κ2) is 9.90. The van der Waals surface area contributed by atoms with Gasteiger partial charge in [-0.25, -0.2) is 0 Å². The molecule has 0 fully saturated rings. The molecule has 4 rings (SSSR count). The van der Waals surface area contributed by atoms with Crippen LogP contribution in [0.15, 0.2) is 84.9 Å². The number of carbonyl (C=O) groups excluding carboxylic acids is 2. The topological polar surface area (TPSA) is 52.6 Å². The Morgan fingerprint density at radius 2 is 0.968 bits per heavy atom. The molecule has 4 heteroatoms. The fourth-order valence-electron chi connectivity index (χ4n) is 3.56. The molecule has 0 amide bonds. The fraction of sp³-hybridized carbons (Fsp3) is 0.185. The van der Waals surface area contributed by atoms with E-state index in [-0.39, 0.29) is 38.0 Å². The van der Waals surface area contributed by atoms with Gasteiger partial charge in [-0.1, -0.05) is 84.9 Å². The first-order valence-corrected chi connectivity index (χ1v) is 10.4. The molecule has 156 valence electrons. The molecule has 4 aromatic rings. The highest BCUT2D eigenvalue weighted by molar-refractivity contribution is 5.85. The van der Waals surface area contributed by atoms with Gasteiger partial charge in [-0.2, -0.15) is 0 Å². The monoisotopic (exact) mass is 412 g/mol. The summed E-state index contributed by atoms with van der Waals surface area (Å²) in [6.45, 7) is 0.464. The number of fused-ring (bicyclic) bond motifs is 2. The van der Waals surface area contributed by atoms with Crippen LogP contribution in [0.1, 0.15) is 17.5 Å². The quantitative estimate of drug-likeness (QED) is 0.293. The Morgan fingerprint density at radius 1 is 0.548 bits per heavy atom. The second-order valence-corrected chi connectivity index (χ2v) is 7.51. The number of benzene rings is 4. The van der Waals surface area contributed by atoms with Crippen molar-refractivity contribution in [1.82, 2.24) is 0 Å². The van der Waals surface area contributed by atoms with Crippen LogP contribution in [-0.2, 0) is 31.9 Å². The maximum atomic E-state index is 12.1. The van der Waals surface area contributed by atoms with Gasteiger partial charge in [0, 0.05) is 6.42 Å². The molecule has 0 saturated heterocycles. The SMILES string of the molecule is O=C(Cc1ccc2ccccc2c1)OCCCOC(=O)Cc1ccc2ccccc2c1. The van der Waals surface area contributed by atoms with Crippen LogP contribution in [-0.4, -0.2) is 25.2 Å². The summed E-state index contributed by atoms with van der Waals surface area (Å²) in [6, 6.07) is 28.0. The third-order valence-electron chi connectivity index (χ3n) is 5.14. The average molecular weight is 412 g/mol. The Balaban J connectivity index is 1.16. The lowest BCUT2D eigenvalue weighted by Gasteiger charge is -2.08. The van der Waals surface area contributed by atoms with Crippen molar-refractivity contribution in [1.29, 1.82) is 0 Å². The summed E-state index contributed by atoms with van der Waals surface area (Å²) >= 11 is 0. The summed E-state index contributed by atoms with van der Waals surface area (Å²) in [5, 5.41) is 4.49. The van der Waals surface area contributed by atoms with Crippen LogP contribution in [0, 0.1) is 0 Å². The van der Waals surface area contributed by atoms with E-state index in [4.69, 9.17) is 9.47 Å². The van der Waals surface area contributed by atoms with Crippen LogP contribution in [0.25, 0.3) is 21.5 Å². The molecule has 0 radical (unpaired) electrons. The van der Waals surface area contributed by atoms with Crippen molar-refractivity contribution < 1.29 is 19.1 Å². The summed E-state index contributed by atoms with van der Waals surface area (Å²) < 4.78 is 10.6. The van der Waals surface area contributed by atoms with Crippen LogP contribution < -0.4 is 0 Å². The van der Waals surface area contributed by atoms with Crippen LogP contribution in [0.3, 0.4) is 0 Å². The third-order valence-corrected chi connectivity index (χ3v) is 5.14. The lowest BCUT2D eigenvalue weighted by Crippen LogP contribution is -2.13. The highest BCUT2D eigenvalue weighted by Gasteiger charge is 2.08. The lowest BCUT2D eigenvalue weighted by molar-refractivity contribution is -0.145. The van der Waals surface area contributed by atoms with E-state index < -0.39 is 0 Å². The minimum atomic E-state index is -0.280. The molecular formula is C27H24O4. The van der Waals surface area contributed by atoms with Gasteiger partial charge < -0.3 is 9.47 Å². The molecule has 0 N–H and O–H groups in total. The van der Waals surface area contributed by atoms with Crippen LogP contribution in [0.2, 0.25) is 0 Å². The molecule has 31 heavy (non-hydrogen) atoms. The zero-order chi connectivity index (χ0) is 21.5. The molecule has 0 heterocycles. The molecule has 0 atom stereocenters. The first kappa shape index (κ1) is 20.6. The Bertz CT molecular complexity index is 1120. The summed E-state index contributed by atoms with van der Waals surface area (Å²) in [4.78, 5) is 24.1. The van der Waals surface area contributed by atoms with E-state index in [1.165, 1.54) is 0 Å². The van der Waals surface area contributed by atoms with E-state index in [0.717, 1.165) is 32.7 Å². The average Bonchev–Trinajstić information content (AvgIpc) is 2.78. The first-order chi connectivity index (χ1) is 15.2. The molecule has 0 unspecified atom stereocenters. The van der Waals surface area contributed by atoms with Crippen molar-refractivity contribution in [2.75, 3.05) is 13.2 Å². The zero-order valence-corrected chi connectivity index (χ0v) is 17.3. The highest BCUT2D eigenvalue weighted by Crippen LogP contribution is 2.17. The Morgan fingerprint density at radius 3 is 1.42 bits per heavy atom. The normalized spacial score (nSPS) is 10.8. The molecule has 4 nitrogen and oxygen atoms in total. The van der Waals surface area contributed by atoms with Crippen LogP contribution in [0.4, 0.5) is 0 Å². The van der Waals surface area contributed by atoms with Crippen molar-refractivity contribution in [3.05, 3.63) is 96.1 Å². The summed E-state index contributed by atoms with van der Waals surface area (Å²) in [7, 11) is 0. The third kappa shape index (κ3) is 5.70. The first-order valence-electron chi connectivity index (χ1n) is 10.4. The predicted molar refractivity (Wildman–Crippen MR) is 122 cm³/mol. The van der Waals surface area contributed by atoms with E-state index in [1.54, 1.807) is 0 Å². The predicted octanol–water partition coefficient (Wildman–Crippen LogP) is 5.25. The Labute approximate surface area is 181 Å². The van der Waals surface area contributed by atoms with Gasteiger partial charge in [0.1, 0.15) is 0 Å². The van der Waals surface area contributed by atoms with Gasteiger partial charge >= 0.3 is 11.9 Å². The van der Waals surface area contributed by atoms with Gasteiger partial charge in [-0.3, -0.25) is 9.59 Å². The number of carbonyl (C=O) groups is 2. The molecule has 0 aliphatic rings. The summed E-state index contributed by atoms with van der Waals surface area (Å²) in [5.74, 6) is -0.560. The van der Waals surface area contributed by atoms with Gasteiger partial charge in [0.05, 0.1) is 26.1 Å². The van der Waals surface area contributed by atoms with Gasteiger partial charge in [-0.15, -0.1) is 0 Å². The van der Waals surface area contributed by atoms with Crippen molar-refractivity contribution in [2.24, 2.45) is 0 Å². The Hall–Kier alpha value is -3.66. The van der Waals surface area contributed by atoms with E-state index >= 15 is 0 Å². The summed E-state index contributed by atoms with van der Waals surface area (Å²) in [6.07, 6.45) is 0.937. The van der Waals surface area contributed by atoms with Crippen molar-refractivity contribution >= 4 is 33.5 Å². The maximum absolute atomic E-state index is 12.1. The molecule has 0 saturated carbocycles. The van der Waals surface area contributed by atoms with Gasteiger partial charge in [0.25, 0.3) is 0 Å². The molecule has 0 aliphatic carbocycles. The second-order valence-electron chi connectivity index (χ2n) is 7.51. The fourth-order valence-corrected chi connectivity index (χ4v) is 3.56. The van der Waals surface area contributed by atoms with Crippen molar-refractivity contribution in [3.8, 4) is 0 Å². The van der Waals surface area contributed by atoms with Crippen molar-refractivity contribution in [2.45, 2.75) is 19.3 Å². The number of ether oxygens (including phenoxy) is 2.